The highest BCUT2D eigenvalue weighted by Gasteiger charge is 2.29. The lowest BCUT2D eigenvalue weighted by Gasteiger charge is -2.16. The third-order valence-electron chi connectivity index (χ3n) is 3.58. The van der Waals surface area contributed by atoms with Gasteiger partial charge in [-0.25, -0.2) is 0 Å². The van der Waals surface area contributed by atoms with E-state index in [1.165, 1.54) is 11.3 Å². The number of nitrogens with zero attached hydrogens (tertiary/aromatic N) is 4. The van der Waals surface area contributed by atoms with Gasteiger partial charge in [0.25, 0.3) is 5.91 Å². The summed E-state index contributed by atoms with van der Waals surface area (Å²) in [6.07, 6.45) is 0.761. The first-order valence-electron chi connectivity index (χ1n) is 7.24. The molecule has 0 spiro atoms. The van der Waals surface area contributed by atoms with Gasteiger partial charge in [-0.05, 0) is 28.1 Å². The van der Waals surface area contributed by atoms with Crippen LogP contribution >= 0.6 is 27.3 Å². The van der Waals surface area contributed by atoms with E-state index in [0.29, 0.717) is 19.0 Å². The van der Waals surface area contributed by atoms with E-state index in [1.807, 2.05) is 47.5 Å². The molecule has 0 aromatic carbocycles. The summed E-state index contributed by atoms with van der Waals surface area (Å²) in [5.41, 5.74) is 0. The molecule has 1 atom stereocenters. The van der Waals surface area contributed by atoms with E-state index < -0.39 is 0 Å². The number of aromatic nitrogens is 2. The Balaban J connectivity index is 1.58. The molecule has 2 aromatic heterocycles. The maximum Gasteiger partial charge on any atom is 0.264 e. The molecule has 3 rings (SSSR count). The second-order valence-corrected chi connectivity index (χ2v) is 7.36. The largest absolute Gasteiger partial charge is 0.471 e. The van der Waals surface area contributed by atoms with Crippen molar-refractivity contribution in [3.05, 3.63) is 32.9 Å². The van der Waals surface area contributed by atoms with Crippen LogP contribution < -0.4 is 9.64 Å². The average Bonchev–Trinajstić information content (AvgIpc) is 3.16. The van der Waals surface area contributed by atoms with Crippen molar-refractivity contribution in [2.75, 3.05) is 32.1 Å². The van der Waals surface area contributed by atoms with Crippen molar-refractivity contribution in [2.24, 2.45) is 0 Å². The lowest BCUT2D eigenvalue weighted by atomic mass is 10.3. The summed E-state index contributed by atoms with van der Waals surface area (Å²) in [5.74, 6) is 1.33. The predicted octanol–water partition coefficient (Wildman–Crippen LogP) is 2.66. The molecule has 0 radical (unpaired) electrons. The van der Waals surface area contributed by atoms with Gasteiger partial charge in [0.05, 0.1) is 11.4 Å². The number of rotatable bonds is 4. The molecule has 0 saturated carbocycles. The van der Waals surface area contributed by atoms with E-state index >= 15 is 0 Å². The van der Waals surface area contributed by atoms with Crippen LogP contribution in [0.25, 0.3) is 0 Å². The third-order valence-corrected chi connectivity index (χ3v) is 5.26. The zero-order chi connectivity index (χ0) is 16.4. The van der Waals surface area contributed by atoms with E-state index in [-0.39, 0.29) is 12.0 Å². The highest BCUT2D eigenvalue weighted by Crippen LogP contribution is 2.24. The maximum absolute atomic E-state index is 12.4. The number of hydrogen-bond acceptors (Lipinski definition) is 6. The molecule has 122 valence electrons. The van der Waals surface area contributed by atoms with Gasteiger partial charge in [0.1, 0.15) is 6.10 Å². The Morgan fingerprint density at radius 1 is 1.43 bits per heavy atom. The molecule has 1 aliphatic heterocycles. The van der Waals surface area contributed by atoms with Gasteiger partial charge >= 0.3 is 0 Å². The van der Waals surface area contributed by atoms with Crippen LogP contribution in [-0.2, 0) is 0 Å². The SMILES string of the molecule is CN(C)c1ccc(OC2CCN(C(=O)c3cc(Br)cs3)C2)nn1. The van der Waals surface area contributed by atoms with Crippen LogP contribution in [0.4, 0.5) is 5.82 Å². The molecule has 6 nitrogen and oxygen atoms in total. The minimum Gasteiger partial charge on any atom is -0.471 e. The van der Waals surface area contributed by atoms with E-state index in [1.54, 1.807) is 0 Å². The van der Waals surface area contributed by atoms with Crippen molar-refractivity contribution in [1.82, 2.24) is 15.1 Å². The van der Waals surface area contributed by atoms with Gasteiger partial charge in [0, 0.05) is 43.0 Å². The number of carbonyl (C=O) groups is 1. The monoisotopic (exact) mass is 396 g/mol. The van der Waals surface area contributed by atoms with Gasteiger partial charge in [-0.2, -0.15) is 0 Å². The molecule has 1 saturated heterocycles. The minimum atomic E-state index is -0.0399. The first-order chi connectivity index (χ1) is 11.0. The summed E-state index contributed by atoms with van der Waals surface area (Å²) < 4.78 is 6.78. The average molecular weight is 397 g/mol. The van der Waals surface area contributed by atoms with Crippen molar-refractivity contribution in [3.63, 3.8) is 0 Å². The van der Waals surface area contributed by atoms with Gasteiger partial charge in [-0.15, -0.1) is 21.5 Å². The van der Waals surface area contributed by atoms with Crippen molar-refractivity contribution in [2.45, 2.75) is 12.5 Å². The molecule has 8 heteroatoms. The van der Waals surface area contributed by atoms with Gasteiger partial charge in [0.2, 0.25) is 5.88 Å². The Morgan fingerprint density at radius 3 is 2.87 bits per heavy atom. The van der Waals surface area contributed by atoms with Crippen LogP contribution in [0.3, 0.4) is 0 Å². The molecule has 2 aromatic rings. The zero-order valence-corrected chi connectivity index (χ0v) is 15.3. The maximum atomic E-state index is 12.4. The highest BCUT2D eigenvalue weighted by molar-refractivity contribution is 9.10. The van der Waals surface area contributed by atoms with Gasteiger partial charge in [-0.1, -0.05) is 0 Å². The quantitative estimate of drug-likeness (QED) is 0.794. The molecular formula is C15H17BrN4O2S. The fraction of sp³-hybridized carbons (Fsp3) is 0.400. The van der Waals surface area contributed by atoms with Crippen LogP contribution in [0.2, 0.25) is 0 Å². The van der Waals surface area contributed by atoms with Crippen LogP contribution in [0, 0.1) is 0 Å². The summed E-state index contributed by atoms with van der Waals surface area (Å²) in [7, 11) is 3.82. The second kappa shape index (κ2) is 6.84. The Kier molecular flexibility index (Phi) is 4.82. The molecule has 23 heavy (non-hydrogen) atoms. The van der Waals surface area contributed by atoms with Gasteiger partial charge < -0.3 is 14.5 Å². The molecule has 1 amide bonds. The van der Waals surface area contributed by atoms with Crippen molar-refractivity contribution >= 4 is 39.0 Å². The predicted molar refractivity (Wildman–Crippen MR) is 93.3 cm³/mol. The van der Waals surface area contributed by atoms with Crippen molar-refractivity contribution in [1.29, 1.82) is 0 Å². The van der Waals surface area contributed by atoms with Crippen LogP contribution in [0.15, 0.2) is 28.1 Å². The number of thiophene rings is 1. The smallest absolute Gasteiger partial charge is 0.264 e. The number of halogens is 1. The Labute approximate surface area is 147 Å². The van der Waals surface area contributed by atoms with Crippen molar-refractivity contribution in [3.8, 4) is 5.88 Å². The molecule has 3 heterocycles. The summed E-state index contributed by atoms with van der Waals surface area (Å²) in [5, 5.41) is 10.1. The molecule has 0 N–H and O–H groups in total. The third kappa shape index (κ3) is 3.81. The number of anilines is 1. The summed E-state index contributed by atoms with van der Waals surface area (Å²) >= 11 is 4.83. The van der Waals surface area contributed by atoms with E-state index in [2.05, 4.69) is 26.1 Å². The van der Waals surface area contributed by atoms with Gasteiger partial charge in [0.15, 0.2) is 5.82 Å². The first kappa shape index (κ1) is 16.2. The van der Waals surface area contributed by atoms with Crippen molar-refractivity contribution < 1.29 is 9.53 Å². The van der Waals surface area contributed by atoms with Crippen LogP contribution in [0.5, 0.6) is 5.88 Å². The van der Waals surface area contributed by atoms with E-state index in [9.17, 15) is 4.79 Å². The second-order valence-electron chi connectivity index (χ2n) is 5.53. The Bertz CT molecular complexity index is 689. The molecule has 1 unspecified atom stereocenters. The standard InChI is InChI=1S/C15H17BrN4O2S/c1-19(2)13-3-4-14(18-17-13)22-11-5-6-20(8-11)15(21)12-7-10(16)9-23-12/h3-4,7,9,11H,5-6,8H2,1-2H3. The lowest BCUT2D eigenvalue weighted by Crippen LogP contribution is -2.30. The van der Waals surface area contributed by atoms with Crippen LogP contribution in [-0.4, -0.2) is 54.3 Å². The number of carbonyl (C=O) groups excluding carboxylic acids is 1. The normalized spacial score (nSPS) is 17.3. The Hall–Kier alpha value is -1.67. The van der Waals surface area contributed by atoms with Crippen LogP contribution in [0.1, 0.15) is 16.1 Å². The number of ether oxygens (including phenoxy) is 1. The van der Waals surface area contributed by atoms with Gasteiger partial charge in [-0.3, -0.25) is 4.79 Å². The molecule has 0 bridgehead atoms. The topological polar surface area (TPSA) is 58.6 Å². The molecule has 1 aliphatic rings. The van der Waals surface area contributed by atoms with E-state index in [4.69, 9.17) is 4.74 Å². The molecule has 1 fully saturated rings. The summed E-state index contributed by atoms with van der Waals surface area (Å²) in [6, 6.07) is 5.53. The fourth-order valence-corrected chi connectivity index (χ4v) is 3.77. The summed E-state index contributed by atoms with van der Waals surface area (Å²) in [6.45, 7) is 1.27. The molecule has 0 aliphatic carbocycles. The first-order valence-corrected chi connectivity index (χ1v) is 8.91. The number of likely N-dealkylation sites (tertiary alicyclic amines) is 1. The zero-order valence-electron chi connectivity index (χ0n) is 12.9. The highest BCUT2D eigenvalue weighted by atomic mass is 79.9. The minimum absolute atomic E-state index is 0.0399. The number of hydrogen-bond donors (Lipinski definition) is 0. The van der Waals surface area contributed by atoms with E-state index in [0.717, 1.165) is 21.6 Å². The summed E-state index contributed by atoms with van der Waals surface area (Å²) in [4.78, 5) is 16.9. The Morgan fingerprint density at radius 2 is 2.26 bits per heavy atom. The lowest BCUT2D eigenvalue weighted by molar-refractivity contribution is 0.0775. The fourth-order valence-electron chi connectivity index (χ4n) is 2.38. The number of amides is 1. The molecular weight excluding hydrogens is 380 g/mol.